The minimum atomic E-state index is -2.84. The molecule has 7 nitrogen and oxygen atoms in total. The van der Waals surface area contributed by atoms with E-state index in [-0.39, 0.29) is 23.9 Å². The Labute approximate surface area is 102 Å². The van der Waals surface area contributed by atoms with E-state index < -0.39 is 18.6 Å². The highest BCUT2D eigenvalue weighted by atomic mass is 19.3. The molecule has 0 aliphatic heterocycles. The smallest absolute Gasteiger partial charge is 0.345 e. The first-order valence-electron chi connectivity index (χ1n) is 4.98. The van der Waals surface area contributed by atoms with Gasteiger partial charge in [0.1, 0.15) is 5.82 Å². The van der Waals surface area contributed by atoms with Gasteiger partial charge in [-0.25, -0.2) is 4.98 Å². The molecule has 0 aromatic carbocycles. The van der Waals surface area contributed by atoms with Gasteiger partial charge in [-0.3, -0.25) is 4.79 Å². The Balaban J connectivity index is 2.63. The number of nitrogens with one attached hydrogen (secondary N) is 1. The number of rotatable bonds is 6. The number of alkyl halides is 2. The van der Waals surface area contributed by atoms with Crippen LogP contribution in [0.4, 0.5) is 20.5 Å². The Morgan fingerprint density at radius 3 is 2.78 bits per heavy atom. The van der Waals surface area contributed by atoms with Crippen LogP contribution in [0.1, 0.15) is 17.3 Å². The molecule has 0 aliphatic carbocycles. The van der Waals surface area contributed by atoms with Crippen molar-refractivity contribution in [1.29, 1.82) is 0 Å². The van der Waals surface area contributed by atoms with Crippen molar-refractivity contribution in [3.05, 3.63) is 11.8 Å². The van der Waals surface area contributed by atoms with Gasteiger partial charge in [-0.05, 0) is 6.92 Å². The third-order valence-corrected chi connectivity index (χ3v) is 1.93. The van der Waals surface area contributed by atoms with Crippen molar-refractivity contribution >= 4 is 17.7 Å². The molecule has 1 amide bonds. The number of hydrogen-bond acceptors (Lipinski definition) is 6. The first-order chi connectivity index (χ1) is 8.40. The Kier molecular flexibility index (Phi) is 4.72. The number of halogens is 2. The first kappa shape index (κ1) is 14.0. The summed E-state index contributed by atoms with van der Waals surface area (Å²) in [5, 5.41) is 2.69. The minimum absolute atomic E-state index is 0.00275. The fourth-order valence-electron chi connectivity index (χ4n) is 1.13. The van der Waals surface area contributed by atoms with Gasteiger partial charge in [-0.2, -0.15) is 13.8 Å². The number of aromatic nitrogens is 2. The molecule has 1 aromatic heterocycles. The molecule has 100 valence electrons. The van der Waals surface area contributed by atoms with Crippen LogP contribution >= 0.6 is 0 Å². The van der Waals surface area contributed by atoms with E-state index in [2.05, 4.69) is 20.0 Å². The highest BCUT2D eigenvalue weighted by Crippen LogP contribution is 2.10. The highest BCUT2D eigenvalue weighted by molar-refractivity contribution is 5.96. The Hall–Kier alpha value is -2.03. The zero-order valence-electron chi connectivity index (χ0n) is 9.56. The zero-order valence-corrected chi connectivity index (χ0v) is 9.56. The third-order valence-electron chi connectivity index (χ3n) is 1.93. The van der Waals surface area contributed by atoms with Gasteiger partial charge < -0.3 is 21.5 Å². The van der Waals surface area contributed by atoms with Gasteiger partial charge >= 0.3 is 6.61 Å². The van der Waals surface area contributed by atoms with Crippen molar-refractivity contribution in [1.82, 2.24) is 9.97 Å². The second kappa shape index (κ2) is 6.05. The van der Waals surface area contributed by atoms with Gasteiger partial charge in [-0.1, -0.05) is 0 Å². The standard InChI is InChI=1S/C9H13F2N5O2/c1-4(3-18-8(10)11)15-9-14-2-5(7(13)17)6(12)16-9/h2,4,8H,3H2,1H3,(H2,13,17)(H3,12,14,15,16)/t4-/m0/s1. The maximum absolute atomic E-state index is 11.8. The zero-order chi connectivity index (χ0) is 13.7. The van der Waals surface area contributed by atoms with Crippen LogP contribution in [0.5, 0.6) is 0 Å². The molecule has 0 saturated heterocycles. The summed E-state index contributed by atoms with van der Waals surface area (Å²) in [6.07, 6.45) is 1.16. The summed E-state index contributed by atoms with van der Waals surface area (Å²) in [7, 11) is 0. The monoisotopic (exact) mass is 261 g/mol. The Morgan fingerprint density at radius 1 is 1.61 bits per heavy atom. The molecule has 5 N–H and O–H groups in total. The number of nitrogen functional groups attached to an aromatic ring is 1. The van der Waals surface area contributed by atoms with Crippen molar-refractivity contribution in [2.24, 2.45) is 5.73 Å². The van der Waals surface area contributed by atoms with Crippen LogP contribution in [0.2, 0.25) is 0 Å². The number of amides is 1. The van der Waals surface area contributed by atoms with Gasteiger partial charge in [-0.15, -0.1) is 0 Å². The van der Waals surface area contributed by atoms with Crippen LogP contribution < -0.4 is 16.8 Å². The van der Waals surface area contributed by atoms with Crippen molar-refractivity contribution in [3.63, 3.8) is 0 Å². The van der Waals surface area contributed by atoms with E-state index in [4.69, 9.17) is 11.5 Å². The molecule has 0 spiro atoms. The van der Waals surface area contributed by atoms with E-state index in [0.717, 1.165) is 6.20 Å². The Bertz CT molecular complexity index is 429. The van der Waals surface area contributed by atoms with Crippen molar-refractivity contribution in [3.8, 4) is 0 Å². The second-order valence-electron chi connectivity index (χ2n) is 3.50. The fourth-order valence-corrected chi connectivity index (χ4v) is 1.13. The van der Waals surface area contributed by atoms with Crippen molar-refractivity contribution in [2.75, 3.05) is 17.7 Å². The quantitative estimate of drug-likeness (QED) is 0.673. The highest BCUT2D eigenvalue weighted by Gasteiger charge is 2.12. The molecule has 0 radical (unpaired) electrons. The molecular formula is C9H13F2N5O2. The van der Waals surface area contributed by atoms with Gasteiger partial charge in [0, 0.05) is 12.2 Å². The van der Waals surface area contributed by atoms with Crippen molar-refractivity contribution < 1.29 is 18.3 Å². The van der Waals surface area contributed by atoms with Crippen LogP contribution in [-0.4, -0.2) is 35.1 Å². The summed E-state index contributed by atoms with van der Waals surface area (Å²) in [6.45, 7) is -1.46. The number of anilines is 2. The third kappa shape index (κ3) is 4.09. The lowest BCUT2D eigenvalue weighted by Crippen LogP contribution is -2.25. The van der Waals surface area contributed by atoms with Crippen LogP contribution in [-0.2, 0) is 4.74 Å². The van der Waals surface area contributed by atoms with Crippen molar-refractivity contribution in [2.45, 2.75) is 19.6 Å². The molecule has 0 aliphatic rings. The molecule has 1 aromatic rings. The number of ether oxygens (including phenoxy) is 1. The first-order valence-corrected chi connectivity index (χ1v) is 4.98. The average molecular weight is 261 g/mol. The molecule has 1 heterocycles. The predicted octanol–water partition coefficient (Wildman–Crippen LogP) is 0.197. The van der Waals surface area contributed by atoms with E-state index in [1.165, 1.54) is 0 Å². The summed E-state index contributed by atoms with van der Waals surface area (Å²) >= 11 is 0. The summed E-state index contributed by atoms with van der Waals surface area (Å²) in [4.78, 5) is 18.4. The van der Waals surface area contributed by atoms with Gasteiger partial charge in [0.05, 0.1) is 12.2 Å². The van der Waals surface area contributed by atoms with E-state index in [1.807, 2.05) is 0 Å². The second-order valence-corrected chi connectivity index (χ2v) is 3.50. The number of primary amides is 1. The van der Waals surface area contributed by atoms with Gasteiger partial charge in [0.25, 0.3) is 5.91 Å². The summed E-state index contributed by atoms with van der Waals surface area (Å²) in [5.41, 5.74) is 10.5. The maximum atomic E-state index is 11.8. The van der Waals surface area contributed by atoms with Gasteiger partial charge in [0.2, 0.25) is 5.95 Å². The Morgan fingerprint density at radius 2 is 2.28 bits per heavy atom. The molecule has 9 heteroatoms. The molecule has 0 bridgehead atoms. The molecule has 1 atom stereocenters. The minimum Gasteiger partial charge on any atom is -0.383 e. The van der Waals surface area contributed by atoms with Crippen LogP contribution in [0.15, 0.2) is 6.20 Å². The fraction of sp³-hybridized carbons (Fsp3) is 0.444. The maximum Gasteiger partial charge on any atom is 0.345 e. The van der Waals surface area contributed by atoms with Gasteiger partial charge in [0.15, 0.2) is 0 Å². The number of carbonyl (C=O) groups is 1. The van der Waals surface area contributed by atoms with E-state index in [0.29, 0.717) is 0 Å². The topological polar surface area (TPSA) is 116 Å². The molecule has 0 fully saturated rings. The largest absolute Gasteiger partial charge is 0.383 e. The molecule has 0 saturated carbocycles. The average Bonchev–Trinajstić information content (AvgIpc) is 2.26. The summed E-state index contributed by atoms with van der Waals surface area (Å²) < 4.78 is 27.7. The van der Waals surface area contributed by atoms with Crippen LogP contribution in [0.25, 0.3) is 0 Å². The number of carbonyl (C=O) groups excluding carboxylic acids is 1. The van der Waals surface area contributed by atoms with Crippen LogP contribution in [0, 0.1) is 0 Å². The lowest BCUT2D eigenvalue weighted by atomic mass is 10.3. The normalized spacial score (nSPS) is 12.4. The lowest BCUT2D eigenvalue weighted by Gasteiger charge is -2.14. The number of nitrogens with two attached hydrogens (primary N) is 2. The molecule has 0 unspecified atom stereocenters. The molecule has 18 heavy (non-hydrogen) atoms. The number of nitrogens with zero attached hydrogens (tertiary/aromatic N) is 2. The van der Waals surface area contributed by atoms with E-state index in [1.54, 1.807) is 6.92 Å². The molecular weight excluding hydrogens is 248 g/mol. The summed E-state index contributed by atoms with van der Waals surface area (Å²) in [5.74, 6) is -0.724. The van der Waals surface area contributed by atoms with Crippen LogP contribution in [0.3, 0.4) is 0 Å². The molecule has 1 rings (SSSR count). The summed E-state index contributed by atoms with van der Waals surface area (Å²) in [6, 6.07) is -0.446. The number of hydrogen-bond donors (Lipinski definition) is 3. The van der Waals surface area contributed by atoms with E-state index >= 15 is 0 Å². The lowest BCUT2D eigenvalue weighted by molar-refractivity contribution is -0.130. The SMILES string of the molecule is C[C@@H](COC(F)F)Nc1ncc(C(N)=O)c(N)n1. The predicted molar refractivity (Wildman–Crippen MR) is 60.0 cm³/mol. The van der Waals surface area contributed by atoms with E-state index in [9.17, 15) is 13.6 Å².